The molecule has 0 spiro atoms. The summed E-state index contributed by atoms with van der Waals surface area (Å²) < 4.78 is 30.5. The highest BCUT2D eigenvalue weighted by Crippen LogP contribution is 2.10. The highest BCUT2D eigenvalue weighted by atomic mass is 35.5. The molecule has 0 radical (unpaired) electrons. The second kappa shape index (κ2) is 6.49. The predicted molar refractivity (Wildman–Crippen MR) is 70.2 cm³/mol. The summed E-state index contributed by atoms with van der Waals surface area (Å²) in [5.74, 6) is 0. The van der Waals surface area contributed by atoms with Crippen LogP contribution in [0.25, 0.3) is 0 Å². The molecule has 0 fully saturated rings. The van der Waals surface area contributed by atoms with Crippen LogP contribution in [0.4, 0.5) is 13.6 Å². The summed E-state index contributed by atoms with van der Waals surface area (Å²) in [6.45, 7) is -0.926. The van der Waals surface area contributed by atoms with E-state index in [0.717, 1.165) is 4.57 Å². The number of carbonyl (C=O) groups is 1. The van der Waals surface area contributed by atoms with E-state index >= 15 is 0 Å². The zero-order valence-electron chi connectivity index (χ0n) is 10.6. The molecule has 21 heavy (non-hydrogen) atoms. The summed E-state index contributed by atoms with van der Waals surface area (Å²) >= 11 is 5.20. The largest absolute Gasteiger partial charge is 0.457 e. The maximum Gasteiger partial charge on any atom is 0.357 e. The lowest BCUT2D eigenvalue weighted by atomic mass is 10.2. The number of hydrogen-bond donors (Lipinski definition) is 0. The van der Waals surface area contributed by atoms with Gasteiger partial charge in [0.1, 0.15) is 0 Å². The molecule has 1 aromatic heterocycles. The van der Waals surface area contributed by atoms with Crippen molar-refractivity contribution >= 4 is 17.0 Å². The Morgan fingerprint density at radius 2 is 2.00 bits per heavy atom. The van der Waals surface area contributed by atoms with Gasteiger partial charge in [-0.15, -0.1) is 9.78 Å². The second-order valence-electron chi connectivity index (χ2n) is 4.00. The topological polar surface area (TPSA) is 66.1 Å². The van der Waals surface area contributed by atoms with E-state index in [1.807, 2.05) is 0 Å². The van der Waals surface area contributed by atoms with Crippen molar-refractivity contribution in [3.8, 4) is 6.01 Å². The number of alkyl halides is 2. The van der Waals surface area contributed by atoms with Gasteiger partial charge in [-0.3, -0.25) is 4.79 Å². The highest BCUT2D eigenvalue weighted by Gasteiger charge is 2.19. The third kappa shape index (κ3) is 3.66. The molecule has 6 nitrogen and oxygen atoms in total. The van der Waals surface area contributed by atoms with Crippen LogP contribution in [0, 0.1) is 0 Å². The Morgan fingerprint density at radius 1 is 1.33 bits per heavy atom. The molecular formula is C12H10ClF2N3O3. The fourth-order valence-corrected chi connectivity index (χ4v) is 1.75. The van der Waals surface area contributed by atoms with Crippen LogP contribution < -0.4 is 10.4 Å². The lowest BCUT2D eigenvalue weighted by Crippen LogP contribution is -2.27. The normalized spacial score (nSPS) is 10.9. The SMILES string of the molecule is O=C(Cl)n1nc(OCC(F)F)n(Cc2ccccc2)c1=O. The molecule has 2 rings (SSSR count). The Labute approximate surface area is 122 Å². The number of nitrogens with zero attached hydrogens (tertiary/aromatic N) is 3. The summed E-state index contributed by atoms with van der Waals surface area (Å²) in [5.41, 5.74) is -0.147. The Kier molecular flexibility index (Phi) is 4.69. The van der Waals surface area contributed by atoms with Crippen LogP contribution in [-0.4, -0.2) is 32.7 Å². The van der Waals surface area contributed by atoms with Gasteiger partial charge in [-0.05, 0) is 17.2 Å². The van der Waals surface area contributed by atoms with Gasteiger partial charge in [0.15, 0.2) is 6.61 Å². The minimum absolute atomic E-state index is 0.0163. The first-order valence-corrected chi connectivity index (χ1v) is 6.21. The maximum absolute atomic E-state index is 12.2. The number of aromatic nitrogens is 3. The molecule has 0 saturated carbocycles. The van der Waals surface area contributed by atoms with E-state index in [1.54, 1.807) is 30.3 Å². The molecule has 2 aromatic rings. The van der Waals surface area contributed by atoms with Crippen LogP contribution in [0.5, 0.6) is 6.01 Å². The van der Waals surface area contributed by atoms with Crippen LogP contribution in [0.1, 0.15) is 5.56 Å². The molecule has 0 aliphatic heterocycles. The van der Waals surface area contributed by atoms with Gasteiger partial charge >= 0.3 is 17.1 Å². The van der Waals surface area contributed by atoms with Crippen molar-refractivity contribution < 1.29 is 18.3 Å². The summed E-state index contributed by atoms with van der Waals surface area (Å²) in [5, 5.41) is 2.36. The molecule has 112 valence electrons. The number of hydrogen-bond acceptors (Lipinski definition) is 4. The third-order valence-electron chi connectivity index (χ3n) is 2.52. The molecule has 0 amide bonds. The van der Waals surface area contributed by atoms with E-state index in [9.17, 15) is 18.4 Å². The van der Waals surface area contributed by atoms with Gasteiger partial charge in [0, 0.05) is 0 Å². The van der Waals surface area contributed by atoms with Crippen molar-refractivity contribution in [3.63, 3.8) is 0 Å². The van der Waals surface area contributed by atoms with Crippen molar-refractivity contribution in [2.45, 2.75) is 13.0 Å². The van der Waals surface area contributed by atoms with E-state index in [1.165, 1.54) is 0 Å². The number of ether oxygens (including phenoxy) is 1. The van der Waals surface area contributed by atoms with E-state index in [4.69, 9.17) is 16.3 Å². The standard InChI is InChI=1S/C12H10ClF2N3O3/c13-10(19)18-12(20)17(6-8-4-2-1-3-5-8)11(16-18)21-7-9(14)15/h1-5,9H,6-7H2. The first-order valence-electron chi connectivity index (χ1n) is 5.83. The molecule has 0 unspecified atom stereocenters. The average molecular weight is 318 g/mol. The average Bonchev–Trinajstić information content (AvgIpc) is 2.75. The van der Waals surface area contributed by atoms with Gasteiger partial charge in [-0.2, -0.15) is 0 Å². The van der Waals surface area contributed by atoms with Gasteiger partial charge in [-0.1, -0.05) is 30.3 Å². The highest BCUT2D eigenvalue weighted by molar-refractivity contribution is 6.63. The van der Waals surface area contributed by atoms with Crippen LogP contribution in [0.3, 0.4) is 0 Å². The quantitative estimate of drug-likeness (QED) is 0.791. The molecule has 0 aliphatic carbocycles. The van der Waals surface area contributed by atoms with Crippen LogP contribution in [0.2, 0.25) is 0 Å². The van der Waals surface area contributed by atoms with Crippen molar-refractivity contribution in [3.05, 3.63) is 46.4 Å². The van der Waals surface area contributed by atoms with Crippen molar-refractivity contribution in [2.75, 3.05) is 6.61 Å². The molecular weight excluding hydrogens is 308 g/mol. The van der Waals surface area contributed by atoms with Crippen molar-refractivity contribution in [2.24, 2.45) is 0 Å². The molecule has 0 N–H and O–H groups in total. The first kappa shape index (κ1) is 15.2. The van der Waals surface area contributed by atoms with Crippen LogP contribution >= 0.6 is 11.6 Å². The van der Waals surface area contributed by atoms with E-state index in [0.29, 0.717) is 10.2 Å². The Balaban J connectivity index is 2.36. The minimum atomic E-state index is -2.73. The molecule has 1 aromatic carbocycles. The molecule has 0 atom stereocenters. The summed E-state index contributed by atoms with van der Waals surface area (Å²) in [6.07, 6.45) is -2.73. The zero-order chi connectivity index (χ0) is 15.4. The summed E-state index contributed by atoms with van der Waals surface area (Å²) in [4.78, 5) is 23.0. The number of halogens is 3. The summed E-state index contributed by atoms with van der Waals surface area (Å²) in [7, 11) is 0. The van der Waals surface area contributed by atoms with E-state index in [2.05, 4.69) is 5.10 Å². The van der Waals surface area contributed by atoms with Crippen LogP contribution in [-0.2, 0) is 6.54 Å². The number of benzene rings is 1. The first-order chi connectivity index (χ1) is 9.99. The van der Waals surface area contributed by atoms with Gasteiger partial charge < -0.3 is 4.74 Å². The van der Waals surface area contributed by atoms with Gasteiger partial charge in [-0.25, -0.2) is 18.1 Å². The zero-order valence-corrected chi connectivity index (χ0v) is 11.3. The maximum atomic E-state index is 12.2. The van der Waals surface area contributed by atoms with Gasteiger partial charge in [0.25, 0.3) is 6.43 Å². The smallest absolute Gasteiger partial charge is 0.357 e. The second-order valence-corrected chi connectivity index (χ2v) is 4.33. The lowest BCUT2D eigenvalue weighted by Gasteiger charge is -2.06. The molecule has 1 heterocycles. The number of rotatable bonds is 5. The Morgan fingerprint density at radius 3 is 2.57 bits per heavy atom. The fourth-order valence-electron chi connectivity index (χ4n) is 1.64. The van der Waals surface area contributed by atoms with Gasteiger partial charge in [0.2, 0.25) is 0 Å². The predicted octanol–water partition coefficient (Wildman–Crippen LogP) is 1.94. The van der Waals surface area contributed by atoms with E-state index < -0.39 is 30.1 Å². The molecule has 0 bridgehead atoms. The third-order valence-corrected chi connectivity index (χ3v) is 2.68. The molecule has 0 aliphatic rings. The Bertz CT molecular complexity index is 685. The number of carbonyl (C=O) groups excluding carboxylic acids is 1. The molecule has 0 saturated heterocycles. The lowest BCUT2D eigenvalue weighted by molar-refractivity contribution is 0.0747. The van der Waals surface area contributed by atoms with Gasteiger partial charge in [0.05, 0.1) is 6.54 Å². The minimum Gasteiger partial charge on any atom is -0.457 e. The summed E-state index contributed by atoms with van der Waals surface area (Å²) in [6, 6.07) is 8.34. The monoisotopic (exact) mass is 317 g/mol. The van der Waals surface area contributed by atoms with Crippen molar-refractivity contribution in [1.82, 2.24) is 14.3 Å². The Hall–Kier alpha value is -2.22. The molecule has 9 heteroatoms. The van der Waals surface area contributed by atoms with Crippen LogP contribution in [0.15, 0.2) is 35.1 Å². The van der Waals surface area contributed by atoms with Crippen molar-refractivity contribution in [1.29, 1.82) is 0 Å². The fraction of sp³-hybridized carbons (Fsp3) is 0.250. The van der Waals surface area contributed by atoms with E-state index in [-0.39, 0.29) is 6.54 Å².